The van der Waals surface area contributed by atoms with E-state index >= 15 is 0 Å². The third-order valence-corrected chi connectivity index (χ3v) is 2.62. The van der Waals surface area contributed by atoms with Gasteiger partial charge in [0.15, 0.2) is 0 Å². The average molecular weight is 197 g/mol. The van der Waals surface area contributed by atoms with E-state index < -0.39 is 0 Å². The highest BCUT2D eigenvalue weighted by Crippen LogP contribution is 2.18. The molecule has 0 unspecified atom stereocenters. The number of nitrogens with zero attached hydrogens (tertiary/aromatic N) is 1. The summed E-state index contributed by atoms with van der Waals surface area (Å²) in [6.07, 6.45) is 5.53. The number of amidine groups is 1. The summed E-state index contributed by atoms with van der Waals surface area (Å²) >= 11 is 0. The molecule has 0 aromatic rings. The van der Waals surface area contributed by atoms with Gasteiger partial charge in [0, 0.05) is 12.5 Å². The molecular weight excluding hydrogens is 178 g/mol. The van der Waals surface area contributed by atoms with Crippen LogP contribution in [0, 0.1) is 5.41 Å². The van der Waals surface area contributed by atoms with Crippen molar-refractivity contribution in [1.29, 1.82) is 5.41 Å². The second-order valence-electron chi connectivity index (χ2n) is 3.71. The van der Waals surface area contributed by atoms with Crippen molar-refractivity contribution in [2.45, 2.75) is 51.2 Å². The number of hydrogen-bond donors (Lipinski definition) is 3. The Morgan fingerprint density at radius 1 is 1.50 bits per heavy atom. The summed E-state index contributed by atoms with van der Waals surface area (Å²) < 4.78 is 0. The average Bonchev–Trinajstić information content (AvgIpc) is 2.20. The van der Waals surface area contributed by atoms with Crippen LogP contribution in [0.25, 0.3) is 0 Å². The first-order valence-corrected chi connectivity index (χ1v) is 5.26. The Morgan fingerprint density at radius 3 is 2.64 bits per heavy atom. The van der Waals surface area contributed by atoms with Crippen LogP contribution in [0.5, 0.6) is 0 Å². The van der Waals surface area contributed by atoms with Crippen molar-refractivity contribution >= 4 is 12.2 Å². The SMILES string of the molecule is CC/C(=N\C=N)N[C@H]1CC[C@H](O)CC1. The van der Waals surface area contributed by atoms with Gasteiger partial charge in [0.25, 0.3) is 0 Å². The monoisotopic (exact) mass is 197 g/mol. The Bertz CT molecular complexity index is 207. The molecular formula is C10H19N3O. The van der Waals surface area contributed by atoms with Crippen molar-refractivity contribution in [2.24, 2.45) is 4.99 Å². The highest BCUT2D eigenvalue weighted by atomic mass is 16.3. The van der Waals surface area contributed by atoms with E-state index in [4.69, 9.17) is 5.41 Å². The van der Waals surface area contributed by atoms with Gasteiger partial charge >= 0.3 is 0 Å². The minimum absolute atomic E-state index is 0.113. The minimum atomic E-state index is -0.113. The van der Waals surface area contributed by atoms with Gasteiger partial charge in [-0.25, -0.2) is 4.99 Å². The van der Waals surface area contributed by atoms with Gasteiger partial charge < -0.3 is 10.4 Å². The molecule has 0 atom stereocenters. The molecule has 0 saturated heterocycles. The molecule has 4 nitrogen and oxygen atoms in total. The van der Waals surface area contributed by atoms with Gasteiger partial charge in [-0.2, -0.15) is 0 Å². The third-order valence-electron chi connectivity index (χ3n) is 2.62. The standard InChI is InChI=1S/C10H19N3O/c1-2-10(12-7-11)13-8-3-5-9(14)6-4-8/h7-9,14H,2-6H2,1H3,(H2,11,12,13)/t8-,9-. The van der Waals surface area contributed by atoms with Gasteiger partial charge in [-0.05, 0) is 25.7 Å². The molecule has 0 spiro atoms. The molecule has 14 heavy (non-hydrogen) atoms. The lowest BCUT2D eigenvalue weighted by Crippen LogP contribution is -2.38. The molecule has 1 saturated carbocycles. The number of aliphatic hydroxyl groups is 1. The summed E-state index contributed by atoms with van der Waals surface area (Å²) in [5.74, 6) is 0.876. The highest BCUT2D eigenvalue weighted by Gasteiger charge is 2.19. The molecule has 0 aliphatic heterocycles. The lowest BCUT2D eigenvalue weighted by Gasteiger charge is -2.27. The molecule has 1 fully saturated rings. The first-order chi connectivity index (χ1) is 6.76. The predicted molar refractivity (Wildman–Crippen MR) is 57.9 cm³/mol. The van der Waals surface area contributed by atoms with Crippen LogP contribution < -0.4 is 5.32 Å². The van der Waals surface area contributed by atoms with Gasteiger partial charge in [0.1, 0.15) is 12.2 Å². The molecule has 1 rings (SSSR count). The van der Waals surface area contributed by atoms with E-state index in [0.29, 0.717) is 6.04 Å². The van der Waals surface area contributed by atoms with Gasteiger partial charge in [-0.3, -0.25) is 5.41 Å². The number of hydrogen-bond acceptors (Lipinski definition) is 2. The van der Waals surface area contributed by atoms with Crippen LogP contribution in [-0.2, 0) is 0 Å². The van der Waals surface area contributed by atoms with Crippen molar-refractivity contribution in [1.82, 2.24) is 5.32 Å². The number of rotatable bonds is 3. The summed E-state index contributed by atoms with van der Waals surface area (Å²) in [4.78, 5) is 3.94. The van der Waals surface area contributed by atoms with Crippen LogP contribution in [0.15, 0.2) is 4.99 Å². The van der Waals surface area contributed by atoms with E-state index in [9.17, 15) is 5.11 Å². The predicted octanol–water partition coefficient (Wildman–Crippen LogP) is 1.30. The van der Waals surface area contributed by atoms with Crippen molar-refractivity contribution in [3.05, 3.63) is 0 Å². The number of aliphatic hydroxyl groups excluding tert-OH is 1. The Morgan fingerprint density at radius 2 is 2.14 bits per heavy atom. The summed E-state index contributed by atoms with van der Waals surface area (Å²) in [5.41, 5.74) is 0. The summed E-state index contributed by atoms with van der Waals surface area (Å²) in [6, 6.07) is 0.428. The fourth-order valence-corrected chi connectivity index (χ4v) is 1.76. The molecule has 1 aliphatic rings. The summed E-state index contributed by atoms with van der Waals surface area (Å²) in [7, 11) is 0. The zero-order chi connectivity index (χ0) is 10.4. The zero-order valence-electron chi connectivity index (χ0n) is 8.66. The maximum atomic E-state index is 9.33. The molecule has 4 heteroatoms. The third kappa shape index (κ3) is 3.46. The van der Waals surface area contributed by atoms with Crippen LogP contribution >= 0.6 is 0 Å². The maximum absolute atomic E-state index is 9.33. The number of nitrogens with one attached hydrogen (secondary N) is 2. The van der Waals surface area contributed by atoms with E-state index in [1.54, 1.807) is 0 Å². The van der Waals surface area contributed by atoms with Crippen molar-refractivity contribution < 1.29 is 5.11 Å². The van der Waals surface area contributed by atoms with Crippen LogP contribution in [0.4, 0.5) is 0 Å². The first kappa shape index (κ1) is 11.2. The second-order valence-corrected chi connectivity index (χ2v) is 3.71. The van der Waals surface area contributed by atoms with Crippen LogP contribution in [-0.4, -0.2) is 29.4 Å². The van der Waals surface area contributed by atoms with E-state index in [0.717, 1.165) is 44.3 Å². The van der Waals surface area contributed by atoms with Crippen molar-refractivity contribution in [3.63, 3.8) is 0 Å². The second kappa shape index (κ2) is 5.75. The van der Waals surface area contributed by atoms with Gasteiger partial charge in [0.2, 0.25) is 0 Å². The Kier molecular flexibility index (Phi) is 4.59. The van der Waals surface area contributed by atoms with E-state index in [-0.39, 0.29) is 6.10 Å². The molecule has 3 N–H and O–H groups in total. The lowest BCUT2D eigenvalue weighted by atomic mass is 9.93. The maximum Gasteiger partial charge on any atom is 0.109 e. The quantitative estimate of drug-likeness (QED) is 0.471. The summed E-state index contributed by atoms with van der Waals surface area (Å²) in [6.45, 7) is 2.02. The van der Waals surface area contributed by atoms with Gasteiger partial charge in [-0.15, -0.1) is 0 Å². The van der Waals surface area contributed by atoms with E-state index in [1.165, 1.54) is 0 Å². The van der Waals surface area contributed by atoms with Gasteiger partial charge in [-0.1, -0.05) is 6.92 Å². The molecule has 0 heterocycles. The lowest BCUT2D eigenvalue weighted by molar-refractivity contribution is 0.120. The highest BCUT2D eigenvalue weighted by molar-refractivity contribution is 5.88. The fraction of sp³-hybridized carbons (Fsp3) is 0.800. The van der Waals surface area contributed by atoms with Crippen LogP contribution in [0.2, 0.25) is 0 Å². The molecule has 0 aromatic carbocycles. The normalized spacial score (nSPS) is 28.6. The topological polar surface area (TPSA) is 68.5 Å². The van der Waals surface area contributed by atoms with Crippen LogP contribution in [0.1, 0.15) is 39.0 Å². The Balaban J connectivity index is 2.36. The van der Waals surface area contributed by atoms with Crippen molar-refractivity contribution in [3.8, 4) is 0 Å². The van der Waals surface area contributed by atoms with Gasteiger partial charge in [0.05, 0.1) is 6.10 Å². The minimum Gasteiger partial charge on any atom is -0.393 e. The smallest absolute Gasteiger partial charge is 0.109 e. The molecule has 0 aromatic heterocycles. The summed E-state index contributed by atoms with van der Waals surface area (Å²) in [5, 5.41) is 19.5. The van der Waals surface area contributed by atoms with Crippen molar-refractivity contribution in [2.75, 3.05) is 0 Å². The van der Waals surface area contributed by atoms with E-state index in [2.05, 4.69) is 10.3 Å². The molecule has 0 radical (unpaired) electrons. The molecule has 0 amide bonds. The molecule has 0 bridgehead atoms. The number of aliphatic imine (C=N–C) groups is 1. The molecule has 1 aliphatic carbocycles. The Hall–Kier alpha value is -0.900. The molecule has 80 valence electrons. The largest absolute Gasteiger partial charge is 0.393 e. The van der Waals surface area contributed by atoms with E-state index in [1.807, 2.05) is 6.92 Å². The first-order valence-electron chi connectivity index (χ1n) is 5.26. The Labute approximate surface area is 84.9 Å². The fourth-order valence-electron chi connectivity index (χ4n) is 1.76. The van der Waals surface area contributed by atoms with Crippen LogP contribution in [0.3, 0.4) is 0 Å². The zero-order valence-corrected chi connectivity index (χ0v) is 8.66.